The van der Waals surface area contributed by atoms with Gasteiger partial charge < -0.3 is 4.90 Å². The van der Waals surface area contributed by atoms with E-state index < -0.39 is 0 Å². The van der Waals surface area contributed by atoms with Gasteiger partial charge in [0.2, 0.25) is 0 Å². The molecule has 0 N–H and O–H groups in total. The zero-order chi connectivity index (χ0) is 9.68. The minimum Gasteiger partial charge on any atom is -0.363 e. The minimum atomic E-state index is 0.844. The molecule has 0 aromatic rings. The summed E-state index contributed by atoms with van der Waals surface area (Å²) < 4.78 is 0.996. The van der Waals surface area contributed by atoms with E-state index >= 15 is 0 Å². The van der Waals surface area contributed by atoms with Gasteiger partial charge >= 0.3 is 0 Å². The topological polar surface area (TPSA) is 3.24 Å². The molecule has 76 valence electrons. The predicted octanol–water partition coefficient (Wildman–Crippen LogP) is 3.55. The van der Waals surface area contributed by atoms with Crippen molar-refractivity contribution in [2.75, 3.05) is 14.1 Å². The molecule has 0 aromatic carbocycles. The Kier molecular flexibility index (Phi) is 5.51. The molecule has 4 heteroatoms. The molecule has 1 rings (SSSR count). The van der Waals surface area contributed by atoms with Crippen molar-refractivity contribution >= 4 is 38.1 Å². The number of rotatable bonds is 2. The van der Waals surface area contributed by atoms with Crippen molar-refractivity contribution in [3.05, 3.63) is 0 Å². The van der Waals surface area contributed by atoms with Crippen molar-refractivity contribution in [2.24, 2.45) is 0 Å². The van der Waals surface area contributed by atoms with Crippen molar-refractivity contribution < 1.29 is 0 Å². The highest BCUT2D eigenvalue weighted by molar-refractivity contribution is 8.83. The Labute approximate surface area is 94.4 Å². The highest BCUT2D eigenvalue weighted by atomic mass is 33.1. The molecule has 0 unspecified atom stereocenters. The van der Waals surface area contributed by atoms with E-state index in [-0.39, 0.29) is 0 Å². The number of hydrogen-bond donors (Lipinski definition) is 0. The molecule has 0 aliphatic heterocycles. The van der Waals surface area contributed by atoms with Gasteiger partial charge in [0.05, 0.1) is 0 Å². The average Bonchev–Trinajstić information content (AvgIpc) is 2.15. The van der Waals surface area contributed by atoms with Crippen LogP contribution in [-0.2, 0) is 0 Å². The van der Waals surface area contributed by atoms with Gasteiger partial charge in [0.1, 0.15) is 4.32 Å². The summed E-state index contributed by atoms with van der Waals surface area (Å²) in [4.78, 5) is 2.01. The van der Waals surface area contributed by atoms with Crippen LogP contribution in [0.25, 0.3) is 0 Å². The molecular weight excluding hydrogens is 218 g/mol. The number of hydrogen-bond acceptors (Lipinski definition) is 3. The Morgan fingerprint density at radius 1 is 1.23 bits per heavy atom. The monoisotopic (exact) mass is 235 g/mol. The van der Waals surface area contributed by atoms with E-state index in [2.05, 4.69) is 0 Å². The highest BCUT2D eigenvalue weighted by Gasteiger charge is 2.15. The summed E-state index contributed by atoms with van der Waals surface area (Å²) in [5.74, 6) is 0. The summed E-state index contributed by atoms with van der Waals surface area (Å²) in [6.07, 6.45) is 7.02. The Morgan fingerprint density at radius 3 is 2.38 bits per heavy atom. The molecule has 0 radical (unpaired) electrons. The van der Waals surface area contributed by atoms with Crippen molar-refractivity contribution in [3.8, 4) is 0 Å². The quantitative estimate of drug-likeness (QED) is 0.531. The number of thiocarbonyl (C=S) groups is 1. The van der Waals surface area contributed by atoms with Gasteiger partial charge in [-0.2, -0.15) is 0 Å². The summed E-state index contributed by atoms with van der Waals surface area (Å²) in [6.45, 7) is 0. The maximum absolute atomic E-state index is 5.21. The summed E-state index contributed by atoms with van der Waals surface area (Å²) in [5.41, 5.74) is 0. The van der Waals surface area contributed by atoms with Crippen LogP contribution < -0.4 is 0 Å². The van der Waals surface area contributed by atoms with Crippen LogP contribution in [0.2, 0.25) is 0 Å². The summed E-state index contributed by atoms with van der Waals surface area (Å²) in [7, 11) is 7.75. The largest absolute Gasteiger partial charge is 0.363 e. The van der Waals surface area contributed by atoms with Gasteiger partial charge in [-0.15, -0.1) is 0 Å². The third-order valence-electron chi connectivity index (χ3n) is 2.17. The SMILES string of the molecule is CN(C)C(=S)SSC1CCCCC1. The average molecular weight is 235 g/mol. The molecule has 1 aliphatic rings. The van der Waals surface area contributed by atoms with Gasteiger partial charge in [-0.1, -0.05) is 42.3 Å². The fourth-order valence-electron chi connectivity index (χ4n) is 1.35. The van der Waals surface area contributed by atoms with Crippen LogP contribution in [0.3, 0.4) is 0 Å². The van der Waals surface area contributed by atoms with Crippen LogP contribution in [0.1, 0.15) is 32.1 Å². The van der Waals surface area contributed by atoms with E-state index in [0.717, 1.165) is 9.57 Å². The fraction of sp³-hybridized carbons (Fsp3) is 0.889. The second-order valence-corrected chi connectivity index (χ2v) is 6.73. The Hall–Kier alpha value is 0.590. The van der Waals surface area contributed by atoms with Crippen LogP contribution in [0, 0.1) is 0 Å². The van der Waals surface area contributed by atoms with Crippen molar-refractivity contribution in [2.45, 2.75) is 37.4 Å². The molecule has 0 bridgehead atoms. The molecule has 0 amide bonds. The Balaban J connectivity index is 2.13. The van der Waals surface area contributed by atoms with Crippen molar-refractivity contribution in [1.82, 2.24) is 4.90 Å². The van der Waals surface area contributed by atoms with Gasteiger partial charge in [-0.05, 0) is 23.6 Å². The third kappa shape index (κ3) is 4.56. The fourth-order valence-corrected chi connectivity index (χ4v) is 4.27. The molecule has 0 heterocycles. The van der Waals surface area contributed by atoms with Gasteiger partial charge in [0, 0.05) is 19.3 Å². The summed E-state index contributed by atoms with van der Waals surface area (Å²) >= 11 is 5.21. The lowest BCUT2D eigenvalue weighted by Crippen LogP contribution is -2.16. The lowest BCUT2D eigenvalue weighted by atomic mass is 10.0. The molecule has 0 saturated heterocycles. The predicted molar refractivity (Wildman–Crippen MR) is 68.3 cm³/mol. The molecule has 1 aliphatic carbocycles. The van der Waals surface area contributed by atoms with Gasteiger partial charge in [-0.3, -0.25) is 0 Å². The van der Waals surface area contributed by atoms with Crippen molar-refractivity contribution in [3.63, 3.8) is 0 Å². The van der Waals surface area contributed by atoms with E-state index in [1.54, 1.807) is 10.8 Å². The Morgan fingerprint density at radius 2 is 1.85 bits per heavy atom. The van der Waals surface area contributed by atoms with E-state index in [4.69, 9.17) is 12.2 Å². The normalized spacial score (nSPS) is 18.6. The smallest absolute Gasteiger partial charge is 0.146 e. The van der Waals surface area contributed by atoms with E-state index in [9.17, 15) is 0 Å². The molecule has 1 nitrogen and oxygen atoms in total. The molecule has 0 aromatic heterocycles. The highest BCUT2D eigenvalue weighted by Crippen LogP contribution is 2.36. The minimum absolute atomic E-state index is 0.844. The third-order valence-corrected chi connectivity index (χ3v) is 6.03. The van der Waals surface area contributed by atoms with Crippen molar-refractivity contribution in [1.29, 1.82) is 0 Å². The molecular formula is C9H17NS3. The standard InChI is InChI=1S/C9H17NS3/c1-10(2)9(11)13-12-8-6-4-3-5-7-8/h8H,3-7H2,1-2H3. The van der Waals surface area contributed by atoms with Gasteiger partial charge in [0.15, 0.2) is 0 Å². The molecule has 0 spiro atoms. The van der Waals surface area contributed by atoms with Crippen LogP contribution in [0.15, 0.2) is 0 Å². The van der Waals surface area contributed by atoms with Crippen LogP contribution in [-0.4, -0.2) is 28.6 Å². The summed E-state index contributed by atoms with van der Waals surface area (Å²) in [6, 6.07) is 0. The first-order chi connectivity index (χ1) is 6.20. The molecule has 13 heavy (non-hydrogen) atoms. The second-order valence-electron chi connectivity index (χ2n) is 3.60. The first kappa shape index (κ1) is 11.7. The maximum atomic E-state index is 5.21. The van der Waals surface area contributed by atoms with Gasteiger partial charge in [-0.25, -0.2) is 0 Å². The first-order valence-electron chi connectivity index (χ1n) is 4.75. The summed E-state index contributed by atoms with van der Waals surface area (Å²) in [5, 5.41) is 0.844. The van der Waals surface area contributed by atoms with E-state index in [1.165, 1.54) is 32.1 Å². The maximum Gasteiger partial charge on any atom is 0.146 e. The van der Waals surface area contributed by atoms with Crippen LogP contribution in [0.5, 0.6) is 0 Å². The Bertz CT molecular complexity index is 164. The lowest BCUT2D eigenvalue weighted by molar-refractivity contribution is 0.517. The zero-order valence-corrected chi connectivity index (χ0v) is 10.7. The van der Waals surface area contributed by atoms with Crippen LogP contribution in [0.4, 0.5) is 0 Å². The van der Waals surface area contributed by atoms with Gasteiger partial charge in [0.25, 0.3) is 0 Å². The molecule has 0 atom stereocenters. The molecule has 1 fully saturated rings. The van der Waals surface area contributed by atoms with E-state index in [0.29, 0.717) is 0 Å². The second kappa shape index (κ2) is 6.14. The molecule has 1 saturated carbocycles. The first-order valence-corrected chi connectivity index (χ1v) is 7.37. The van der Waals surface area contributed by atoms with E-state index in [1.807, 2.05) is 29.8 Å². The lowest BCUT2D eigenvalue weighted by Gasteiger charge is -2.21. The van der Waals surface area contributed by atoms with Crippen LogP contribution >= 0.6 is 33.8 Å². The number of nitrogens with zero attached hydrogens (tertiary/aromatic N) is 1. The zero-order valence-electron chi connectivity index (χ0n) is 8.28.